The van der Waals surface area contributed by atoms with E-state index in [-0.39, 0.29) is 11.3 Å². The zero-order valence-corrected chi connectivity index (χ0v) is 11.0. The molecular formula is C12H19NO2S. The van der Waals surface area contributed by atoms with E-state index in [1.807, 2.05) is 38.2 Å². The van der Waals surface area contributed by atoms with Gasteiger partial charge in [-0.2, -0.15) is 0 Å². The van der Waals surface area contributed by atoms with Crippen molar-refractivity contribution in [3.8, 4) is 5.75 Å². The van der Waals surface area contributed by atoms with Crippen molar-refractivity contribution in [2.24, 2.45) is 0 Å². The fourth-order valence-corrected chi connectivity index (χ4v) is 2.35. The topological polar surface area (TPSA) is 38.3 Å². The van der Waals surface area contributed by atoms with E-state index in [0.29, 0.717) is 0 Å². The summed E-state index contributed by atoms with van der Waals surface area (Å²) in [7, 11) is 2.69. The third-order valence-electron chi connectivity index (χ3n) is 2.78. The largest absolute Gasteiger partial charge is 0.497 e. The van der Waals surface area contributed by atoms with Crippen LogP contribution in [0.5, 0.6) is 5.75 Å². The second-order valence-electron chi connectivity index (χ2n) is 3.74. The maximum atomic E-state index is 11.5. The Bertz CT molecular complexity index is 351. The maximum absolute atomic E-state index is 11.5. The average molecular weight is 241 g/mol. The summed E-state index contributed by atoms with van der Waals surface area (Å²) >= 11 is 0. The smallest absolute Gasteiger partial charge is 0.118 e. The second kappa shape index (κ2) is 6.01. The van der Waals surface area contributed by atoms with Gasteiger partial charge in [0.05, 0.1) is 12.4 Å². The van der Waals surface area contributed by atoms with Gasteiger partial charge < -0.3 is 10.1 Å². The first-order valence-corrected chi connectivity index (χ1v) is 6.85. The van der Waals surface area contributed by atoms with Crippen LogP contribution >= 0.6 is 0 Å². The summed E-state index contributed by atoms with van der Waals surface area (Å²) in [6, 6.07) is 7.96. The van der Waals surface area contributed by atoms with Crippen LogP contribution in [-0.2, 0) is 10.8 Å². The molecule has 3 unspecified atom stereocenters. The van der Waals surface area contributed by atoms with Gasteiger partial charge >= 0.3 is 0 Å². The van der Waals surface area contributed by atoms with Crippen LogP contribution in [0.1, 0.15) is 18.5 Å². The molecule has 0 amide bonds. The van der Waals surface area contributed by atoms with Crippen LogP contribution in [0, 0.1) is 0 Å². The lowest BCUT2D eigenvalue weighted by Crippen LogP contribution is -2.30. The molecular weight excluding hydrogens is 222 g/mol. The first-order chi connectivity index (χ1) is 7.60. The highest BCUT2D eigenvalue weighted by Crippen LogP contribution is 2.22. The Labute approximate surface area is 99.7 Å². The van der Waals surface area contributed by atoms with Crippen LogP contribution in [0.3, 0.4) is 0 Å². The van der Waals surface area contributed by atoms with Gasteiger partial charge in [-0.3, -0.25) is 4.21 Å². The Kier molecular flexibility index (Phi) is 4.96. The van der Waals surface area contributed by atoms with Crippen LogP contribution in [-0.4, -0.2) is 29.9 Å². The minimum Gasteiger partial charge on any atom is -0.497 e. The molecule has 0 aliphatic rings. The minimum absolute atomic E-state index is 0.0818. The van der Waals surface area contributed by atoms with Gasteiger partial charge in [0.25, 0.3) is 0 Å². The van der Waals surface area contributed by atoms with Crippen LogP contribution in [0.4, 0.5) is 0 Å². The Morgan fingerprint density at radius 3 is 2.25 bits per heavy atom. The molecule has 1 rings (SSSR count). The molecule has 0 aromatic heterocycles. The summed E-state index contributed by atoms with van der Waals surface area (Å²) in [5.74, 6) is 0.837. The number of hydrogen-bond donors (Lipinski definition) is 1. The van der Waals surface area contributed by atoms with Crippen molar-refractivity contribution in [3.63, 3.8) is 0 Å². The molecule has 0 aliphatic heterocycles. The lowest BCUT2D eigenvalue weighted by Gasteiger charge is -2.22. The van der Waals surface area contributed by atoms with E-state index in [1.165, 1.54) is 0 Å². The molecule has 1 aromatic carbocycles. The Hall–Kier alpha value is -0.870. The van der Waals surface area contributed by atoms with Crippen molar-refractivity contribution in [2.75, 3.05) is 20.4 Å². The monoisotopic (exact) mass is 241 g/mol. The van der Waals surface area contributed by atoms with Gasteiger partial charge in [-0.05, 0) is 31.7 Å². The summed E-state index contributed by atoms with van der Waals surface area (Å²) in [6.07, 6.45) is 1.73. The molecule has 4 heteroatoms. The number of rotatable bonds is 5. The van der Waals surface area contributed by atoms with E-state index in [1.54, 1.807) is 13.4 Å². The molecule has 0 heterocycles. The van der Waals surface area contributed by atoms with E-state index < -0.39 is 10.8 Å². The van der Waals surface area contributed by atoms with Gasteiger partial charge in [0, 0.05) is 23.1 Å². The highest BCUT2D eigenvalue weighted by Gasteiger charge is 2.20. The van der Waals surface area contributed by atoms with Gasteiger partial charge in [-0.15, -0.1) is 0 Å². The van der Waals surface area contributed by atoms with E-state index in [2.05, 4.69) is 5.32 Å². The first kappa shape index (κ1) is 13.2. The summed E-state index contributed by atoms with van der Waals surface area (Å²) in [5, 5.41) is 3.28. The highest BCUT2D eigenvalue weighted by molar-refractivity contribution is 7.84. The fourth-order valence-electron chi connectivity index (χ4n) is 1.68. The zero-order chi connectivity index (χ0) is 12.1. The lowest BCUT2D eigenvalue weighted by molar-refractivity contribution is 0.414. The molecule has 1 aromatic rings. The van der Waals surface area contributed by atoms with Crippen molar-refractivity contribution in [2.45, 2.75) is 18.2 Å². The average Bonchev–Trinajstić information content (AvgIpc) is 2.30. The summed E-state index contributed by atoms with van der Waals surface area (Å²) in [5.41, 5.74) is 1.13. The van der Waals surface area contributed by atoms with E-state index in [0.717, 1.165) is 11.3 Å². The molecule has 90 valence electrons. The van der Waals surface area contributed by atoms with Crippen molar-refractivity contribution in [1.29, 1.82) is 0 Å². The number of benzene rings is 1. The summed E-state index contributed by atoms with van der Waals surface area (Å²) in [4.78, 5) is 0. The number of hydrogen-bond acceptors (Lipinski definition) is 3. The Balaban J connectivity index is 2.90. The predicted octanol–water partition coefficient (Wildman–Crippen LogP) is 1.72. The predicted molar refractivity (Wildman–Crippen MR) is 68.3 cm³/mol. The molecule has 0 aliphatic carbocycles. The van der Waals surface area contributed by atoms with Crippen LogP contribution in [0.25, 0.3) is 0 Å². The quantitative estimate of drug-likeness (QED) is 0.853. The zero-order valence-electron chi connectivity index (χ0n) is 10.2. The SMILES string of the molecule is CNC(c1ccc(OC)cc1)C(C)S(C)=O. The molecule has 0 radical (unpaired) electrons. The van der Waals surface area contributed by atoms with E-state index >= 15 is 0 Å². The van der Waals surface area contributed by atoms with Crippen LogP contribution in [0.15, 0.2) is 24.3 Å². The minimum atomic E-state index is -0.842. The molecule has 0 saturated heterocycles. The van der Waals surface area contributed by atoms with Gasteiger partial charge in [0.2, 0.25) is 0 Å². The fraction of sp³-hybridized carbons (Fsp3) is 0.500. The molecule has 0 saturated carbocycles. The van der Waals surface area contributed by atoms with Gasteiger partial charge in [-0.25, -0.2) is 0 Å². The highest BCUT2D eigenvalue weighted by atomic mass is 32.2. The molecule has 16 heavy (non-hydrogen) atoms. The van der Waals surface area contributed by atoms with Crippen LogP contribution in [0.2, 0.25) is 0 Å². The third-order valence-corrected chi connectivity index (χ3v) is 4.10. The normalized spacial score (nSPS) is 16.5. The lowest BCUT2D eigenvalue weighted by atomic mass is 10.0. The second-order valence-corrected chi connectivity index (χ2v) is 5.48. The third kappa shape index (κ3) is 3.06. The standard InChI is InChI=1S/C12H19NO2S/c1-9(16(4)14)12(13-2)10-5-7-11(15-3)8-6-10/h5-9,12-13H,1-4H3. The number of ether oxygens (including phenoxy) is 1. The molecule has 0 spiro atoms. The van der Waals surface area contributed by atoms with E-state index in [4.69, 9.17) is 4.74 Å². The summed E-state index contributed by atoms with van der Waals surface area (Å²) < 4.78 is 16.6. The maximum Gasteiger partial charge on any atom is 0.118 e. The molecule has 1 N–H and O–H groups in total. The molecule has 3 nitrogen and oxygen atoms in total. The Morgan fingerprint density at radius 2 is 1.88 bits per heavy atom. The van der Waals surface area contributed by atoms with Crippen molar-refractivity contribution >= 4 is 10.8 Å². The molecule has 3 atom stereocenters. The van der Waals surface area contributed by atoms with Crippen LogP contribution < -0.4 is 10.1 Å². The van der Waals surface area contributed by atoms with Crippen molar-refractivity contribution in [1.82, 2.24) is 5.32 Å². The van der Waals surface area contributed by atoms with E-state index in [9.17, 15) is 4.21 Å². The van der Waals surface area contributed by atoms with Gasteiger partial charge in [-0.1, -0.05) is 12.1 Å². The Morgan fingerprint density at radius 1 is 1.31 bits per heavy atom. The van der Waals surface area contributed by atoms with Gasteiger partial charge in [0.15, 0.2) is 0 Å². The van der Waals surface area contributed by atoms with Gasteiger partial charge in [0.1, 0.15) is 5.75 Å². The van der Waals surface area contributed by atoms with Crippen molar-refractivity contribution < 1.29 is 8.95 Å². The summed E-state index contributed by atoms with van der Waals surface area (Å²) in [6.45, 7) is 1.99. The number of nitrogens with one attached hydrogen (secondary N) is 1. The first-order valence-electron chi connectivity index (χ1n) is 5.23. The molecule has 0 bridgehead atoms. The number of methoxy groups -OCH3 is 1. The molecule has 0 fully saturated rings. The van der Waals surface area contributed by atoms with Crippen molar-refractivity contribution in [3.05, 3.63) is 29.8 Å².